The Labute approximate surface area is 175 Å². The fourth-order valence-electron chi connectivity index (χ4n) is 2.46. The molecule has 0 bridgehead atoms. The van der Waals surface area contributed by atoms with Gasteiger partial charge in [-0.25, -0.2) is 4.98 Å². The number of thiazole rings is 1. The first-order chi connectivity index (χ1) is 13.5. The maximum atomic E-state index is 12.0. The van der Waals surface area contributed by atoms with Crippen LogP contribution in [0.2, 0.25) is 5.02 Å². The number of hydrogen-bond acceptors (Lipinski definition) is 4. The van der Waals surface area contributed by atoms with Gasteiger partial charge in [-0.15, -0.1) is 11.3 Å². The third-order valence-corrected chi connectivity index (χ3v) is 5.39. The Morgan fingerprint density at radius 2 is 1.96 bits per heavy atom. The van der Waals surface area contributed by atoms with Gasteiger partial charge >= 0.3 is 0 Å². The van der Waals surface area contributed by atoms with E-state index in [1.807, 2.05) is 13.8 Å². The lowest BCUT2D eigenvalue weighted by atomic mass is 10.2. The van der Waals surface area contributed by atoms with Crippen LogP contribution in [0.1, 0.15) is 35.3 Å². The van der Waals surface area contributed by atoms with Crippen molar-refractivity contribution in [3.8, 4) is 0 Å². The van der Waals surface area contributed by atoms with Gasteiger partial charge in [0.05, 0.1) is 10.7 Å². The molecule has 0 radical (unpaired) electrons. The lowest BCUT2D eigenvalue weighted by molar-refractivity contribution is -0.116. The predicted molar refractivity (Wildman–Crippen MR) is 119 cm³/mol. The molecule has 0 aliphatic carbocycles. The number of amides is 1. The van der Waals surface area contributed by atoms with Crippen molar-refractivity contribution in [1.29, 1.82) is 0 Å². The van der Waals surface area contributed by atoms with Crippen LogP contribution in [-0.2, 0) is 11.2 Å². The van der Waals surface area contributed by atoms with Gasteiger partial charge in [0.25, 0.3) is 0 Å². The van der Waals surface area contributed by atoms with E-state index in [9.17, 15) is 4.79 Å². The molecule has 0 aliphatic rings. The molecule has 2 aromatic rings. The normalized spacial score (nSPS) is 11.4. The molecule has 3 N–H and O–H groups in total. The van der Waals surface area contributed by atoms with E-state index in [-0.39, 0.29) is 5.91 Å². The van der Waals surface area contributed by atoms with E-state index in [1.165, 1.54) is 4.88 Å². The monoisotopic (exact) mass is 421 g/mol. The standard InChI is InChI=1S/C20H28ClN5OS/c1-4-22-20(24-13-11-19-25-14(2)15(3)28-19)23-12-5-6-18(27)26-17-9-7-16(21)8-10-17/h7-10H,4-6,11-13H2,1-3H3,(H,26,27)(H2,22,23,24). The van der Waals surface area contributed by atoms with E-state index in [4.69, 9.17) is 11.6 Å². The molecular formula is C20H28ClN5OS. The molecule has 152 valence electrons. The molecule has 1 heterocycles. The highest BCUT2D eigenvalue weighted by Crippen LogP contribution is 2.16. The molecule has 0 spiro atoms. The van der Waals surface area contributed by atoms with Crippen molar-refractivity contribution in [1.82, 2.24) is 15.6 Å². The first-order valence-electron chi connectivity index (χ1n) is 9.48. The van der Waals surface area contributed by atoms with Crippen LogP contribution in [0.4, 0.5) is 5.69 Å². The quantitative estimate of drug-likeness (QED) is 0.325. The minimum atomic E-state index is -0.0232. The van der Waals surface area contributed by atoms with Crippen molar-refractivity contribution in [2.75, 3.05) is 25.0 Å². The number of anilines is 1. The van der Waals surface area contributed by atoms with Gasteiger partial charge in [-0.3, -0.25) is 9.79 Å². The molecule has 8 heteroatoms. The van der Waals surface area contributed by atoms with E-state index in [0.717, 1.165) is 41.9 Å². The Bertz CT molecular complexity index is 769. The Morgan fingerprint density at radius 3 is 2.61 bits per heavy atom. The molecule has 2 rings (SSSR count). The van der Waals surface area contributed by atoms with Gasteiger partial charge in [0, 0.05) is 48.1 Å². The van der Waals surface area contributed by atoms with Gasteiger partial charge in [0.1, 0.15) is 0 Å². The van der Waals surface area contributed by atoms with Crippen molar-refractivity contribution in [2.24, 2.45) is 4.99 Å². The third-order valence-electron chi connectivity index (χ3n) is 4.01. The first kappa shape index (κ1) is 22.2. The van der Waals surface area contributed by atoms with Crippen LogP contribution in [-0.4, -0.2) is 36.5 Å². The summed E-state index contributed by atoms with van der Waals surface area (Å²) in [5.74, 6) is 0.746. The van der Waals surface area contributed by atoms with Gasteiger partial charge in [-0.05, 0) is 51.5 Å². The highest BCUT2D eigenvalue weighted by molar-refractivity contribution is 7.11. The third kappa shape index (κ3) is 7.86. The SMILES string of the molecule is CCNC(=NCCCC(=O)Nc1ccc(Cl)cc1)NCCc1nc(C)c(C)s1. The molecule has 0 unspecified atom stereocenters. The number of guanidine groups is 1. The van der Waals surface area contributed by atoms with Crippen molar-refractivity contribution < 1.29 is 4.79 Å². The summed E-state index contributed by atoms with van der Waals surface area (Å²) in [6.07, 6.45) is 1.97. The zero-order chi connectivity index (χ0) is 20.4. The fraction of sp³-hybridized carbons (Fsp3) is 0.450. The summed E-state index contributed by atoms with van der Waals surface area (Å²) in [6, 6.07) is 7.09. The zero-order valence-electron chi connectivity index (χ0n) is 16.6. The van der Waals surface area contributed by atoms with Crippen molar-refractivity contribution >= 4 is 40.5 Å². The Kier molecular flexibility index (Phi) is 9.23. The second-order valence-electron chi connectivity index (χ2n) is 6.35. The number of nitrogens with one attached hydrogen (secondary N) is 3. The molecule has 0 saturated carbocycles. The number of aromatic nitrogens is 1. The van der Waals surface area contributed by atoms with Gasteiger partial charge < -0.3 is 16.0 Å². The molecule has 1 aromatic heterocycles. The summed E-state index contributed by atoms with van der Waals surface area (Å²) in [4.78, 5) is 22.4. The van der Waals surface area contributed by atoms with E-state index in [1.54, 1.807) is 35.6 Å². The van der Waals surface area contributed by atoms with Crippen molar-refractivity contribution in [3.63, 3.8) is 0 Å². The minimum Gasteiger partial charge on any atom is -0.357 e. The van der Waals surface area contributed by atoms with E-state index >= 15 is 0 Å². The lowest BCUT2D eigenvalue weighted by Gasteiger charge is -2.10. The molecule has 6 nitrogen and oxygen atoms in total. The molecule has 0 saturated heterocycles. The average molecular weight is 422 g/mol. The number of hydrogen-bond donors (Lipinski definition) is 3. The highest BCUT2D eigenvalue weighted by atomic mass is 35.5. The Morgan fingerprint density at radius 1 is 1.21 bits per heavy atom. The largest absolute Gasteiger partial charge is 0.357 e. The van der Waals surface area contributed by atoms with Crippen LogP contribution in [0, 0.1) is 13.8 Å². The van der Waals surface area contributed by atoms with Crippen LogP contribution >= 0.6 is 22.9 Å². The Balaban J connectivity index is 1.70. The van der Waals surface area contributed by atoms with Crippen LogP contribution in [0.25, 0.3) is 0 Å². The molecule has 28 heavy (non-hydrogen) atoms. The number of aliphatic imine (C=N–C) groups is 1. The van der Waals surface area contributed by atoms with Crippen LogP contribution in [0.3, 0.4) is 0 Å². The van der Waals surface area contributed by atoms with Gasteiger partial charge in [-0.1, -0.05) is 11.6 Å². The summed E-state index contributed by atoms with van der Waals surface area (Å²) in [5, 5.41) is 11.2. The predicted octanol–water partition coefficient (Wildman–Crippen LogP) is 3.93. The molecule has 0 atom stereocenters. The highest BCUT2D eigenvalue weighted by Gasteiger charge is 2.05. The van der Waals surface area contributed by atoms with Crippen molar-refractivity contribution in [2.45, 2.75) is 40.0 Å². The summed E-state index contributed by atoms with van der Waals surface area (Å²) in [7, 11) is 0. The molecule has 0 fully saturated rings. The van der Waals surface area contributed by atoms with E-state index in [2.05, 4.69) is 32.9 Å². The fourth-order valence-corrected chi connectivity index (χ4v) is 3.52. The van der Waals surface area contributed by atoms with Crippen molar-refractivity contribution in [3.05, 3.63) is 44.9 Å². The number of carbonyl (C=O) groups is 1. The topological polar surface area (TPSA) is 78.4 Å². The molecule has 1 aromatic carbocycles. The van der Waals surface area contributed by atoms with E-state index in [0.29, 0.717) is 24.4 Å². The lowest BCUT2D eigenvalue weighted by Crippen LogP contribution is -2.38. The molecular weight excluding hydrogens is 394 g/mol. The van der Waals surface area contributed by atoms with E-state index < -0.39 is 0 Å². The Hall–Kier alpha value is -2.12. The maximum absolute atomic E-state index is 12.0. The zero-order valence-corrected chi connectivity index (χ0v) is 18.2. The number of aryl methyl sites for hydroxylation is 2. The number of carbonyl (C=O) groups excluding carboxylic acids is 1. The van der Waals surface area contributed by atoms with Gasteiger partial charge in [0.15, 0.2) is 5.96 Å². The number of nitrogens with zero attached hydrogens (tertiary/aromatic N) is 2. The summed E-state index contributed by atoms with van der Waals surface area (Å²) in [6.45, 7) is 8.31. The number of rotatable bonds is 9. The van der Waals surface area contributed by atoms with Crippen LogP contribution in [0.15, 0.2) is 29.3 Å². The number of benzene rings is 1. The average Bonchev–Trinajstić information content (AvgIpc) is 2.98. The summed E-state index contributed by atoms with van der Waals surface area (Å²) >= 11 is 7.58. The minimum absolute atomic E-state index is 0.0232. The smallest absolute Gasteiger partial charge is 0.224 e. The summed E-state index contributed by atoms with van der Waals surface area (Å²) in [5.41, 5.74) is 1.86. The first-order valence-corrected chi connectivity index (χ1v) is 10.7. The second kappa shape index (κ2) is 11.7. The molecule has 0 aliphatic heterocycles. The summed E-state index contributed by atoms with van der Waals surface area (Å²) < 4.78 is 0. The molecule has 1 amide bonds. The number of halogens is 1. The second-order valence-corrected chi connectivity index (χ2v) is 8.07. The maximum Gasteiger partial charge on any atom is 0.224 e. The van der Waals surface area contributed by atoms with Gasteiger partial charge in [-0.2, -0.15) is 0 Å². The van der Waals surface area contributed by atoms with Gasteiger partial charge in [0.2, 0.25) is 5.91 Å². The van der Waals surface area contributed by atoms with Crippen LogP contribution < -0.4 is 16.0 Å². The van der Waals surface area contributed by atoms with Crippen LogP contribution in [0.5, 0.6) is 0 Å².